The van der Waals surface area contributed by atoms with Gasteiger partial charge >= 0.3 is 5.97 Å². The van der Waals surface area contributed by atoms with Crippen LogP contribution in [0, 0.1) is 5.92 Å². The van der Waals surface area contributed by atoms with Gasteiger partial charge in [-0.25, -0.2) is 0 Å². The van der Waals surface area contributed by atoms with Crippen molar-refractivity contribution in [1.82, 2.24) is 4.57 Å². The third-order valence-corrected chi connectivity index (χ3v) is 5.40. The molecule has 4 rings (SSSR count). The molecule has 0 spiro atoms. The number of nitrogens with zero attached hydrogens (tertiary/aromatic N) is 1. The summed E-state index contributed by atoms with van der Waals surface area (Å²) >= 11 is 0. The number of rotatable bonds is 5. The molecule has 2 aromatic carbocycles. The number of hydrogen-bond donors (Lipinski definition) is 2. The molecule has 1 unspecified atom stereocenters. The summed E-state index contributed by atoms with van der Waals surface area (Å²) in [5, 5.41) is 13.3. The lowest BCUT2D eigenvalue weighted by molar-refractivity contribution is -0.137. The van der Waals surface area contributed by atoms with Crippen LogP contribution >= 0.6 is 0 Å². The number of methoxy groups -OCH3 is 1. The van der Waals surface area contributed by atoms with E-state index in [9.17, 15) is 14.7 Å². The van der Waals surface area contributed by atoms with Gasteiger partial charge in [-0.15, -0.1) is 0 Å². The average Bonchev–Trinajstić information content (AvgIpc) is 3.01. The Bertz CT molecular complexity index is 1050. The summed E-state index contributed by atoms with van der Waals surface area (Å²) in [4.78, 5) is 24.2. The summed E-state index contributed by atoms with van der Waals surface area (Å²) < 4.78 is 7.19. The van der Waals surface area contributed by atoms with Gasteiger partial charge in [-0.2, -0.15) is 0 Å². The van der Waals surface area contributed by atoms with Gasteiger partial charge in [-0.05, 0) is 43.0 Å². The van der Waals surface area contributed by atoms with Crippen molar-refractivity contribution in [2.75, 3.05) is 12.4 Å². The van der Waals surface area contributed by atoms with Crippen LogP contribution in [0.25, 0.3) is 10.9 Å². The highest BCUT2D eigenvalue weighted by atomic mass is 16.5. The number of carboxylic acids is 1. The smallest absolute Gasteiger partial charge is 0.323 e. The summed E-state index contributed by atoms with van der Waals surface area (Å²) in [7, 11) is 1.58. The molecule has 1 aromatic heterocycles. The van der Waals surface area contributed by atoms with E-state index in [-0.39, 0.29) is 18.4 Å². The number of carbonyl (C=O) groups is 2. The summed E-state index contributed by atoms with van der Waals surface area (Å²) in [5.41, 5.74) is 3.70. The van der Waals surface area contributed by atoms with Crippen LogP contribution in [-0.4, -0.2) is 28.7 Å². The Labute approximate surface area is 162 Å². The molecule has 1 aliphatic carbocycles. The molecule has 1 aliphatic rings. The zero-order valence-corrected chi connectivity index (χ0v) is 15.6. The molecule has 1 heterocycles. The Hall–Kier alpha value is -3.28. The highest BCUT2D eigenvalue weighted by Gasteiger charge is 2.30. The van der Waals surface area contributed by atoms with Gasteiger partial charge in [-0.3, -0.25) is 9.59 Å². The molecule has 6 heteroatoms. The molecule has 0 saturated carbocycles. The normalized spacial score (nSPS) is 15.8. The molecule has 1 atom stereocenters. The lowest BCUT2D eigenvalue weighted by Gasteiger charge is -2.23. The number of nitrogens with one attached hydrogen (secondary N) is 1. The molecule has 0 fully saturated rings. The third kappa shape index (κ3) is 3.22. The monoisotopic (exact) mass is 378 g/mol. The fourth-order valence-corrected chi connectivity index (χ4v) is 4.12. The molecule has 2 N–H and O–H groups in total. The average molecular weight is 378 g/mol. The van der Waals surface area contributed by atoms with E-state index in [2.05, 4.69) is 5.32 Å². The maximum Gasteiger partial charge on any atom is 0.323 e. The molecule has 1 amide bonds. The van der Waals surface area contributed by atoms with E-state index in [0.29, 0.717) is 30.7 Å². The van der Waals surface area contributed by atoms with Gasteiger partial charge in [0.2, 0.25) is 5.91 Å². The van der Waals surface area contributed by atoms with Crippen molar-refractivity contribution in [1.29, 1.82) is 0 Å². The van der Waals surface area contributed by atoms with E-state index in [0.717, 1.165) is 22.2 Å². The van der Waals surface area contributed by atoms with Crippen LogP contribution in [0.15, 0.2) is 48.5 Å². The van der Waals surface area contributed by atoms with E-state index in [1.807, 2.05) is 53.1 Å². The first-order chi connectivity index (χ1) is 13.6. The summed E-state index contributed by atoms with van der Waals surface area (Å²) in [6, 6.07) is 15.2. The van der Waals surface area contributed by atoms with Crippen molar-refractivity contribution in [3.8, 4) is 5.75 Å². The number of fused-ring (bicyclic) bond motifs is 3. The van der Waals surface area contributed by atoms with Crippen LogP contribution in [0.4, 0.5) is 5.69 Å². The van der Waals surface area contributed by atoms with Crippen molar-refractivity contribution in [3.63, 3.8) is 0 Å². The van der Waals surface area contributed by atoms with Crippen molar-refractivity contribution < 1.29 is 19.4 Å². The number of aliphatic carboxylic acids is 1. The molecule has 3 aromatic rings. The summed E-state index contributed by atoms with van der Waals surface area (Å²) in [5.74, 6) is -0.434. The van der Waals surface area contributed by atoms with Gasteiger partial charge in [0, 0.05) is 22.5 Å². The van der Waals surface area contributed by atoms with Crippen LogP contribution in [0.2, 0.25) is 0 Å². The second kappa shape index (κ2) is 7.38. The van der Waals surface area contributed by atoms with Crippen LogP contribution in [0.1, 0.15) is 17.7 Å². The zero-order valence-electron chi connectivity index (χ0n) is 15.6. The zero-order chi connectivity index (χ0) is 19.7. The Morgan fingerprint density at radius 1 is 1.18 bits per heavy atom. The molecule has 0 aliphatic heterocycles. The maximum atomic E-state index is 12.9. The SMILES string of the molecule is COc1ccccc1NC(=O)C1CCc2c(c3ccccc3n2CC(=O)O)C1. The molecule has 0 saturated heterocycles. The highest BCUT2D eigenvalue weighted by molar-refractivity contribution is 5.95. The number of carbonyl (C=O) groups excluding carboxylic acids is 1. The van der Waals surface area contributed by atoms with Crippen LogP contribution in [0.5, 0.6) is 5.75 Å². The van der Waals surface area contributed by atoms with Gasteiger partial charge in [0.15, 0.2) is 0 Å². The molecular formula is C22H22N2O4. The van der Waals surface area contributed by atoms with E-state index in [1.54, 1.807) is 7.11 Å². The number of ether oxygens (including phenoxy) is 1. The Kier molecular flexibility index (Phi) is 4.77. The van der Waals surface area contributed by atoms with Crippen molar-refractivity contribution in [2.24, 2.45) is 5.92 Å². The van der Waals surface area contributed by atoms with E-state index < -0.39 is 5.97 Å². The standard InChI is InChI=1S/C22H22N2O4/c1-28-20-9-5-3-7-17(20)23-22(27)14-10-11-19-16(12-14)15-6-2-4-8-18(15)24(19)13-21(25)26/h2-9,14H,10-13H2,1H3,(H,23,27)(H,25,26). The molecule has 6 nitrogen and oxygen atoms in total. The van der Waals surface area contributed by atoms with Crippen LogP contribution < -0.4 is 10.1 Å². The predicted octanol–water partition coefficient (Wildman–Crippen LogP) is 3.48. The molecule has 144 valence electrons. The van der Waals surface area contributed by atoms with E-state index in [1.165, 1.54) is 0 Å². The second-order valence-electron chi connectivity index (χ2n) is 7.05. The quantitative estimate of drug-likeness (QED) is 0.712. The first-order valence-corrected chi connectivity index (χ1v) is 9.33. The number of carboxylic acid groups (broad SMARTS) is 1. The van der Waals surface area contributed by atoms with Gasteiger partial charge in [0.25, 0.3) is 0 Å². The lowest BCUT2D eigenvalue weighted by atomic mass is 9.85. The minimum atomic E-state index is -0.861. The van der Waals surface area contributed by atoms with Gasteiger partial charge in [0.1, 0.15) is 12.3 Å². The van der Waals surface area contributed by atoms with Crippen molar-refractivity contribution in [3.05, 3.63) is 59.8 Å². The lowest BCUT2D eigenvalue weighted by Crippen LogP contribution is -2.29. The number of benzene rings is 2. The fraction of sp³-hybridized carbons (Fsp3) is 0.273. The Balaban J connectivity index is 1.63. The van der Waals surface area contributed by atoms with Gasteiger partial charge < -0.3 is 19.7 Å². The fourth-order valence-electron chi connectivity index (χ4n) is 4.12. The van der Waals surface area contributed by atoms with E-state index in [4.69, 9.17) is 4.74 Å². The van der Waals surface area contributed by atoms with Crippen LogP contribution in [0.3, 0.4) is 0 Å². The van der Waals surface area contributed by atoms with Crippen LogP contribution in [-0.2, 0) is 29.0 Å². The molecule has 28 heavy (non-hydrogen) atoms. The topological polar surface area (TPSA) is 80.6 Å². The number of aromatic nitrogens is 1. The first-order valence-electron chi connectivity index (χ1n) is 9.33. The van der Waals surface area contributed by atoms with Crippen molar-refractivity contribution in [2.45, 2.75) is 25.8 Å². The predicted molar refractivity (Wildman–Crippen MR) is 107 cm³/mol. The number of para-hydroxylation sites is 3. The van der Waals surface area contributed by atoms with Crippen molar-refractivity contribution >= 4 is 28.5 Å². The van der Waals surface area contributed by atoms with E-state index >= 15 is 0 Å². The number of amides is 1. The highest BCUT2D eigenvalue weighted by Crippen LogP contribution is 2.35. The minimum Gasteiger partial charge on any atom is -0.495 e. The second-order valence-corrected chi connectivity index (χ2v) is 7.05. The number of hydrogen-bond acceptors (Lipinski definition) is 3. The Morgan fingerprint density at radius 3 is 2.71 bits per heavy atom. The summed E-state index contributed by atoms with van der Waals surface area (Å²) in [6.45, 7) is -0.0616. The van der Waals surface area contributed by atoms with Gasteiger partial charge in [0.05, 0.1) is 12.8 Å². The largest absolute Gasteiger partial charge is 0.495 e. The molecule has 0 radical (unpaired) electrons. The Morgan fingerprint density at radius 2 is 1.93 bits per heavy atom. The number of anilines is 1. The molecule has 0 bridgehead atoms. The molecular weight excluding hydrogens is 356 g/mol. The first kappa shape index (κ1) is 18.1. The maximum absolute atomic E-state index is 12.9. The summed E-state index contributed by atoms with van der Waals surface area (Å²) in [6.07, 6.45) is 1.97. The van der Waals surface area contributed by atoms with Gasteiger partial charge in [-0.1, -0.05) is 30.3 Å². The third-order valence-electron chi connectivity index (χ3n) is 5.40. The minimum absolute atomic E-state index is 0.0368.